The van der Waals surface area contributed by atoms with E-state index in [2.05, 4.69) is 51.5 Å². The van der Waals surface area contributed by atoms with Crippen LogP contribution in [0.1, 0.15) is 38.3 Å². The zero-order chi connectivity index (χ0) is 14.8. The van der Waals surface area contributed by atoms with Crippen LogP contribution in [0.2, 0.25) is 0 Å². The number of hydrogen-bond acceptors (Lipinski definition) is 7. The first-order valence-corrected chi connectivity index (χ1v) is 6.49. The minimum Gasteiger partial charge on any atom is -0.373 e. The molecule has 0 unspecified atom stereocenters. The minimum absolute atomic E-state index is 0.119. The van der Waals surface area contributed by atoms with Gasteiger partial charge in [0.25, 0.3) is 0 Å². The van der Waals surface area contributed by atoms with Gasteiger partial charge in [-0.25, -0.2) is 9.97 Å². The second kappa shape index (κ2) is 5.44. The van der Waals surface area contributed by atoms with Gasteiger partial charge >= 0.3 is 0 Å². The summed E-state index contributed by atoms with van der Waals surface area (Å²) in [6, 6.07) is 1.85. The van der Waals surface area contributed by atoms with Crippen LogP contribution in [-0.2, 0) is 12.0 Å². The summed E-state index contributed by atoms with van der Waals surface area (Å²) >= 11 is 0. The molecule has 20 heavy (non-hydrogen) atoms. The standard InChI is InChI=1S/C13H20N6O/c1-8-16-11(19-20-8)7-15-10-6-9(14-5)17-12(18-10)13(2,3)4/h6H,7H2,1-5H3,(H2,14,15,17,18). The lowest BCUT2D eigenvalue weighted by Crippen LogP contribution is -2.18. The fourth-order valence-corrected chi connectivity index (χ4v) is 1.58. The molecule has 108 valence electrons. The normalized spacial score (nSPS) is 11.4. The molecular weight excluding hydrogens is 256 g/mol. The molecule has 0 aliphatic carbocycles. The Morgan fingerprint density at radius 1 is 1.15 bits per heavy atom. The minimum atomic E-state index is -0.119. The second-order valence-electron chi connectivity index (χ2n) is 5.55. The number of anilines is 2. The Morgan fingerprint density at radius 3 is 2.40 bits per heavy atom. The van der Waals surface area contributed by atoms with Crippen molar-refractivity contribution in [1.29, 1.82) is 0 Å². The lowest BCUT2D eigenvalue weighted by molar-refractivity contribution is 0.388. The summed E-state index contributed by atoms with van der Waals surface area (Å²) in [4.78, 5) is 13.1. The maximum absolute atomic E-state index is 4.93. The molecule has 0 aromatic carbocycles. The van der Waals surface area contributed by atoms with Crippen molar-refractivity contribution in [3.05, 3.63) is 23.6 Å². The van der Waals surface area contributed by atoms with E-state index in [9.17, 15) is 0 Å². The third kappa shape index (κ3) is 3.43. The van der Waals surface area contributed by atoms with Crippen molar-refractivity contribution >= 4 is 11.6 Å². The van der Waals surface area contributed by atoms with Crippen LogP contribution in [0.3, 0.4) is 0 Å². The molecule has 0 saturated heterocycles. The molecule has 0 radical (unpaired) electrons. The predicted molar refractivity (Wildman–Crippen MR) is 76.6 cm³/mol. The predicted octanol–water partition coefficient (Wildman–Crippen LogP) is 2.12. The van der Waals surface area contributed by atoms with Gasteiger partial charge in [-0.15, -0.1) is 0 Å². The Morgan fingerprint density at radius 2 is 1.85 bits per heavy atom. The van der Waals surface area contributed by atoms with Gasteiger partial charge in [-0.05, 0) is 0 Å². The lowest BCUT2D eigenvalue weighted by Gasteiger charge is -2.18. The SMILES string of the molecule is CNc1cc(NCc2noc(C)n2)nc(C(C)(C)C)n1. The van der Waals surface area contributed by atoms with E-state index in [1.165, 1.54) is 0 Å². The van der Waals surface area contributed by atoms with E-state index in [0.29, 0.717) is 18.3 Å². The van der Waals surface area contributed by atoms with Gasteiger partial charge in [0.05, 0.1) is 6.54 Å². The first-order valence-electron chi connectivity index (χ1n) is 6.49. The Kier molecular flexibility index (Phi) is 3.87. The van der Waals surface area contributed by atoms with E-state index in [0.717, 1.165) is 17.5 Å². The molecule has 7 nitrogen and oxygen atoms in total. The van der Waals surface area contributed by atoms with Gasteiger partial charge < -0.3 is 15.2 Å². The maximum Gasteiger partial charge on any atom is 0.223 e. The van der Waals surface area contributed by atoms with Gasteiger partial charge in [0, 0.05) is 25.5 Å². The fourth-order valence-electron chi connectivity index (χ4n) is 1.58. The highest BCUT2D eigenvalue weighted by molar-refractivity contribution is 5.47. The third-order valence-electron chi connectivity index (χ3n) is 2.65. The smallest absolute Gasteiger partial charge is 0.223 e. The number of rotatable bonds is 4. The molecule has 0 aliphatic heterocycles. The van der Waals surface area contributed by atoms with Gasteiger partial charge in [-0.2, -0.15) is 4.98 Å². The van der Waals surface area contributed by atoms with Crippen LogP contribution >= 0.6 is 0 Å². The van der Waals surface area contributed by atoms with Gasteiger partial charge in [0.1, 0.15) is 17.5 Å². The molecule has 2 N–H and O–H groups in total. The Hall–Kier alpha value is -2.18. The van der Waals surface area contributed by atoms with E-state index >= 15 is 0 Å². The first kappa shape index (κ1) is 14.2. The molecule has 2 aromatic heterocycles. The molecule has 0 saturated carbocycles. The average Bonchev–Trinajstić information content (AvgIpc) is 2.81. The second-order valence-corrected chi connectivity index (χ2v) is 5.55. The summed E-state index contributed by atoms with van der Waals surface area (Å²) in [5, 5.41) is 10.1. The van der Waals surface area contributed by atoms with Crippen molar-refractivity contribution < 1.29 is 4.52 Å². The van der Waals surface area contributed by atoms with Gasteiger partial charge in [-0.3, -0.25) is 0 Å². The molecule has 7 heteroatoms. The van der Waals surface area contributed by atoms with Crippen molar-refractivity contribution in [3.63, 3.8) is 0 Å². The van der Waals surface area contributed by atoms with Gasteiger partial charge in [-0.1, -0.05) is 25.9 Å². The van der Waals surface area contributed by atoms with Crippen LogP contribution in [0.5, 0.6) is 0 Å². The Bertz CT molecular complexity index is 587. The van der Waals surface area contributed by atoms with Crippen LogP contribution < -0.4 is 10.6 Å². The molecule has 2 rings (SSSR count). The molecule has 0 bridgehead atoms. The molecule has 0 fully saturated rings. The molecule has 0 aliphatic rings. The van der Waals surface area contributed by atoms with Gasteiger partial charge in [0.2, 0.25) is 5.89 Å². The molecule has 0 amide bonds. The van der Waals surface area contributed by atoms with Crippen LogP contribution in [0.25, 0.3) is 0 Å². The summed E-state index contributed by atoms with van der Waals surface area (Å²) < 4.78 is 4.93. The van der Waals surface area contributed by atoms with Crippen LogP contribution in [0, 0.1) is 6.92 Å². The summed E-state index contributed by atoms with van der Waals surface area (Å²) in [7, 11) is 1.83. The van der Waals surface area contributed by atoms with Crippen molar-refractivity contribution in [2.24, 2.45) is 0 Å². The van der Waals surface area contributed by atoms with E-state index in [-0.39, 0.29) is 5.41 Å². The molecule has 0 spiro atoms. The molecule has 2 aromatic rings. The zero-order valence-corrected chi connectivity index (χ0v) is 12.5. The summed E-state index contributed by atoms with van der Waals surface area (Å²) in [6.45, 7) is 8.45. The van der Waals surface area contributed by atoms with Crippen LogP contribution in [0.4, 0.5) is 11.6 Å². The largest absolute Gasteiger partial charge is 0.373 e. The molecular formula is C13H20N6O. The maximum atomic E-state index is 4.93. The van der Waals surface area contributed by atoms with Crippen LogP contribution in [0.15, 0.2) is 10.6 Å². The molecule has 2 heterocycles. The fraction of sp³-hybridized carbons (Fsp3) is 0.538. The quantitative estimate of drug-likeness (QED) is 0.884. The van der Waals surface area contributed by atoms with Gasteiger partial charge in [0.15, 0.2) is 5.82 Å². The highest BCUT2D eigenvalue weighted by Gasteiger charge is 2.19. The highest BCUT2D eigenvalue weighted by atomic mass is 16.5. The number of aryl methyl sites for hydroxylation is 1. The number of nitrogens with one attached hydrogen (secondary N) is 2. The summed E-state index contributed by atoms with van der Waals surface area (Å²) in [6.07, 6.45) is 0. The lowest BCUT2D eigenvalue weighted by atomic mass is 9.96. The van der Waals surface area contributed by atoms with Crippen LogP contribution in [-0.4, -0.2) is 27.2 Å². The third-order valence-corrected chi connectivity index (χ3v) is 2.65. The van der Waals surface area contributed by atoms with E-state index in [1.807, 2.05) is 13.1 Å². The number of hydrogen-bond donors (Lipinski definition) is 2. The first-order chi connectivity index (χ1) is 9.38. The zero-order valence-electron chi connectivity index (χ0n) is 12.5. The average molecular weight is 276 g/mol. The van der Waals surface area contributed by atoms with Crippen molar-refractivity contribution in [1.82, 2.24) is 20.1 Å². The molecule has 0 atom stereocenters. The summed E-state index contributed by atoms with van der Waals surface area (Å²) in [5.74, 6) is 3.43. The van der Waals surface area contributed by atoms with Crippen molar-refractivity contribution in [2.75, 3.05) is 17.7 Å². The Balaban J connectivity index is 2.18. The number of nitrogens with zero attached hydrogens (tertiary/aromatic N) is 4. The number of aromatic nitrogens is 4. The van der Waals surface area contributed by atoms with E-state index in [4.69, 9.17) is 4.52 Å². The van der Waals surface area contributed by atoms with E-state index < -0.39 is 0 Å². The summed E-state index contributed by atoms with van der Waals surface area (Å²) in [5.41, 5.74) is -0.119. The van der Waals surface area contributed by atoms with Crippen molar-refractivity contribution in [3.8, 4) is 0 Å². The van der Waals surface area contributed by atoms with Crippen molar-refractivity contribution in [2.45, 2.75) is 39.7 Å². The Labute approximate surface area is 118 Å². The van der Waals surface area contributed by atoms with E-state index in [1.54, 1.807) is 6.92 Å². The topological polar surface area (TPSA) is 88.8 Å². The monoisotopic (exact) mass is 276 g/mol. The highest BCUT2D eigenvalue weighted by Crippen LogP contribution is 2.22.